The average molecular weight is 397 g/mol. The van der Waals surface area contributed by atoms with Gasteiger partial charge in [0.05, 0.1) is 23.7 Å². The molecule has 0 heterocycles. The summed E-state index contributed by atoms with van der Waals surface area (Å²) in [5.41, 5.74) is 1.73. The number of allylic oxidation sites excluding steroid dienone is 2. The summed E-state index contributed by atoms with van der Waals surface area (Å²) in [6, 6.07) is 10.9. The Hall–Kier alpha value is -2.85. The van der Waals surface area contributed by atoms with Crippen LogP contribution in [0.1, 0.15) is 25.0 Å². The van der Waals surface area contributed by atoms with Gasteiger partial charge in [-0.25, -0.2) is 0 Å². The molecule has 1 aliphatic rings. The minimum Gasteiger partial charge on any atom is -0.506 e. The van der Waals surface area contributed by atoms with Crippen molar-refractivity contribution < 1.29 is 19.4 Å². The van der Waals surface area contributed by atoms with Gasteiger partial charge in [0.25, 0.3) is 0 Å². The highest BCUT2D eigenvalue weighted by Crippen LogP contribution is 2.41. The Morgan fingerprint density at radius 1 is 1.04 bits per heavy atom. The van der Waals surface area contributed by atoms with E-state index in [4.69, 9.17) is 16.3 Å². The molecule has 2 aromatic rings. The van der Waals surface area contributed by atoms with E-state index < -0.39 is 17.0 Å². The number of halogens is 1. The van der Waals surface area contributed by atoms with Crippen molar-refractivity contribution in [3.05, 3.63) is 70.5 Å². The third kappa shape index (κ3) is 3.04. The van der Waals surface area contributed by atoms with Crippen LogP contribution in [0.4, 0.5) is 0 Å². The normalized spacial score (nSPS) is 16.5. The van der Waals surface area contributed by atoms with Crippen LogP contribution in [0, 0.1) is 12.3 Å². The Bertz CT molecular complexity index is 1060. The zero-order valence-corrected chi connectivity index (χ0v) is 17.0. The topological polar surface area (TPSA) is 63.6 Å². The summed E-state index contributed by atoms with van der Waals surface area (Å²) in [7, 11) is 1.56. The fraction of sp³-hybridized carbons (Fsp3) is 0.217. The molecular formula is C23H21ClO4. The van der Waals surface area contributed by atoms with Gasteiger partial charge in [-0.3, -0.25) is 9.59 Å². The first kappa shape index (κ1) is 19.9. The summed E-state index contributed by atoms with van der Waals surface area (Å²) in [5.74, 6) is -0.661. The summed E-state index contributed by atoms with van der Waals surface area (Å²) in [5, 5.41) is 11.1. The molecule has 5 heteroatoms. The molecule has 3 rings (SSSR count). The van der Waals surface area contributed by atoms with Crippen molar-refractivity contribution in [2.45, 2.75) is 20.8 Å². The highest BCUT2D eigenvalue weighted by molar-refractivity contribution is 6.37. The maximum Gasteiger partial charge on any atom is 0.180 e. The molecule has 1 N–H and O–H groups in total. The van der Waals surface area contributed by atoms with Crippen molar-refractivity contribution >= 4 is 28.7 Å². The van der Waals surface area contributed by atoms with E-state index in [1.165, 1.54) is 0 Å². The number of carbonyl (C=O) groups is 2. The second-order valence-electron chi connectivity index (χ2n) is 7.36. The van der Waals surface area contributed by atoms with Crippen molar-refractivity contribution in [2.24, 2.45) is 5.41 Å². The fourth-order valence-electron chi connectivity index (χ4n) is 3.37. The van der Waals surface area contributed by atoms with E-state index in [0.717, 1.165) is 16.7 Å². The van der Waals surface area contributed by atoms with Gasteiger partial charge in [-0.05, 0) is 61.7 Å². The lowest BCUT2D eigenvalue weighted by Gasteiger charge is -2.30. The molecule has 0 aromatic heterocycles. The first-order valence-corrected chi connectivity index (χ1v) is 9.14. The number of rotatable bonds is 3. The van der Waals surface area contributed by atoms with Gasteiger partial charge in [0.2, 0.25) is 0 Å². The minimum atomic E-state index is -1.28. The fourth-order valence-corrected chi connectivity index (χ4v) is 3.53. The zero-order valence-electron chi connectivity index (χ0n) is 16.2. The number of aryl methyl sites for hydroxylation is 1. The Balaban J connectivity index is 2.25. The summed E-state index contributed by atoms with van der Waals surface area (Å²) in [6.45, 7) is 8.63. The van der Waals surface area contributed by atoms with E-state index in [2.05, 4.69) is 6.58 Å². The number of ketones is 2. The van der Waals surface area contributed by atoms with Crippen LogP contribution in [-0.2, 0) is 9.59 Å². The molecule has 0 unspecified atom stereocenters. The molecule has 2 aromatic carbocycles. The zero-order chi connectivity index (χ0) is 20.8. The maximum atomic E-state index is 13.1. The Morgan fingerprint density at radius 2 is 1.71 bits per heavy atom. The highest BCUT2D eigenvalue weighted by Gasteiger charge is 2.46. The predicted molar refractivity (Wildman–Crippen MR) is 111 cm³/mol. The smallest absolute Gasteiger partial charge is 0.180 e. The number of aliphatic hydroxyl groups is 1. The minimum absolute atomic E-state index is 0.0477. The van der Waals surface area contributed by atoms with Crippen LogP contribution in [0.3, 0.4) is 0 Å². The molecule has 144 valence electrons. The molecule has 0 radical (unpaired) electrons. The van der Waals surface area contributed by atoms with Gasteiger partial charge in [-0.1, -0.05) is 30.3 Å². The SMILES string of the molecule is C=C1C(=O)C(C)(C)C(=O)C(c2cc(-c3ccc(Cl)cc3OC)ccc2C)=C1O. The predicted octanol–water partition coefficient (Wildman–Crippen LogP) is 5.33. The number of carbonyl (C=O) groups excluding carboxylic acids is 2. The lowest BCUT2D eigenvalue weighted by Crippen LogP contribution is -2.39. The van der Waals surface area contributed by atoms with Crippen LogP contribution in [0.2, 0.25) is 5.02 Å². The number of methoxy groups -OCH3 is 1. The molecule has 0 bridgehead atoms. The van der Waals surface area contributed by atoms with E-state index in [1.54, 1.807) is 33.1 Å². The van der Waals surface area contributed by atoms with Crippen LogP contribution >= 0.6 is 11.6 Å². The van der Waals surface area contributed by atoms with Crippen LogP contribution in [0.5, 0.6) is 5.75 Å². The lowest BCUT2D eigenvalue weighted by molar-refractivity contribution is -0.133. The number of aliphatic hydroxyl groups excluding tert-OH is 1. The number of ether oxygens (including phenoxy) is 1. The molecule has 1 aliphatic carbocycles. The van der Waals surface area contributed by atoms with E-state index in [-0.39, 0.29) is 16.9 Å². The van der Waals surface area contributed by atoms with Gasteiger partial charge in [0, 0.05) is 10.6 Å². The molecule has 0 spiro atoms. The second kappa shape index (κ2) is 6.95. The maximum absolute atomic E-state index is 13.1. The molecule has 0 saturated heterocycles. The molecule has 0 fully saturated rings. The standard InChI is InChI=1S/C23H21ClO4/c1-12-6-7-14(16-9-8-15(24)11-18(16)28-5)10-17(12)19-20(25)13(2)21(26)23(3,4)22(19)27/h6-11,25H,2H2,1,3-5H3. The number of Topliss-reactive ketones (excluding diaryl/α,β-unsaturated/α-hetero) is 2. The van der Waals surface area contributed by atoms with Crippen molar-refractivity contribution in [3.8, 4) is 16.9 Å². The Labute approximate surface area is 169 Å². The quantitative estimate of drug-likeness (QED) is 0.562. The van der Waals surface area contributed by atoms with Crippen molar-refractivity contribution in [2.75, 3.05) is 7.11 Å². The summed E-state index contributed by atoms with van der Waals surface area (Å²) >= 11 is 6.05. The number of hydrogen-bond acceptors (Lipinski definition) is 4. The van der Waals surface area contributed by atoms with Crippen molar-refractivity contribution in [1.82, 2.24) is 0 Å². The number of benzene rings is 2. The molecule has 28 heavy (non-hydrogen) atoms. The van der Waals surface area contributed by atoms with Gasteiger partial charge < -0.3 is 9.84 Å². The van der Waals surface area contributed by atoms with Gasteiger partial charge >= 0.3 is 0 Å². The number of hydrogen-bond donors (Lipinski definition) is 1. The molecule has 0 aliphatic heterocycles. The lowest BCUT2D eigenvalue weighted by atomic mass is 9.70. The van der Waals surface area contributed by atoms with Gasteiger partial charge in [-0.2, -0.15) is 0 Å². The second-order valence-corrected chi connectivity index (χ2v) is 7.80. The third-order valence-corrected chi connectivity index (χ3v) is 5.38. The van der Waals surface area contributed by atoms with Gasteiger partial charge in [-0.15, -0.1) is 0 Å². The Morgan fingerprint density at radius 3 is 2.36 bits per heavy atom. The van der Waals surface area contributed by atoms with Crippen LogP contribution < -0.4 is 4.74 Å². The molecular weight excluding hydrogens is 376 g/mol. The largest absolute Gasteiger partial charge is 0.506 e. The summed E-state index contributed by atoms with van der Waals surface area (Å²) in [6.07, 6.45) is 0. The van der Waals surface area contributed by atoms with Crippen LogP contribution in [0.15, 0.2) is 54.3 Å². The first-order valence-electron chi connectivity index (χ1n) is 8.76. The van der Waals surface area contributed by atoms with E-state index in [0.29, 0.717) is 16.3 Å². The molecule has 0 amide bonds. The van der Waals surface area contributed by atoms with E-state index in [1.807, 2.05) is 31.2 Å². The molecule has 0 saturated carbocycles. The highest BCUT2D eigenvalue weighted by atomic mass is 35.5. The van der Waals surface area contributed by atoms with Gasteiger partial charge in [0.1, 0.15) is 11.5 Å². The van der Waals surface area contributed by atoms with Crippen LogP contribution in [0.25, 0.3) is 16.7 Å². The third-order valence-electron chi connectivity index (χ3n) is 5.14. The van der Waals surface area contributed by atoms with E-state index >= 15 is 0 Å². The van der Waals surface area contributed by atoms with Crippen molar-refractivity contribution in [1.29, 1.82) is 0 Å². The van der Waals surface area contributed by atoms with E-state index in [9.17, 15) is 14.7 Å². The summed E-state index contributed by atoms with van der Waals surface area (Å²) < 4.78 is 5.43. The Kier molecular flexibility index (Phi) is 4.94. The summed E-state index contributed by atoms with van der Waals surface area (Å²) in [4.78, 5) is 25.4. The van der Waals surface area contributed by atoms with Crippen LogP contribution in [-0.4, -0.2) is 23.8 Å². The molecule has 4 nitrogen and oxygen atoms in total. The first-order chi connectivity index (χ1) is 13.1. The molecule has 0 atom stereocenters. The average Bonchev–Trinajstić information content (AvgIpc) is 2.67. The van der Waals surface area contributed by atoms with Crippen molar-refractivity contribution in [3.63, 3.8) is 0 Å². The van der Waals surface area contributed by atoms with Gasteiger partial charge in [0.15, 0.2) is 11.6 Å². The monoisotopic (exact) mass is 396 g/mol.